The van der Waals surface area contributed by atoms with E-state index in [1.54, 1.807) is 0 Å². The summed E-state index contributed by atoms with van der Waals surface area (Å²) in [7, 11) is 0. The second-order valence-corrected chi connectivity index (χ2v) is 5.11. The molecule has 0 saturated carbocycles. The highest BCUT2D eigenvalue weighted by molar-refractivity contribution is 14.1. The van der Waals surface area contributed by atoms with Crippen molar-refractivity contribution in [2.24, 2.45) is 0 Å². The van der Waals surface area contributed by atoms with Crippen molar-refractivity contribution in [3.05, 3.63) is 33.4 Å². The number of nitrogens with zero attached hydrogens (tertiary/aromatic N) is 1. The van der Waals surface area contributed by atoms with Crippen LogP contribution in [0.1, 0.15) is 25.3 Å². The SMILES string of the molecule is CC(C)c1c(-c2ccccc2I)noc1N. The maximum absolute atomic E-state index is 5.80. The van der Waals surface area contributed by atoms with Crippen LogP contribution in [0.25, 0.3) is 11.3 Å². The molecular formula is C12H13IN2O. The summed E-state index contributed by atoms with van der Waals surface area (Å²) in [5.74, 6) is 0.724. The molecule has 0 aliphatic rings. The third-order valence-corrected chi connectivity index (χ3v) is 3.40. The Morgan fingerprint density at radius 2 is 2.00 bits per heavy atom. The summed E-state index contributed by atoms with van der Waals surface area (Å²) in [6, 6.07) is 8.08. The number of hydrogen-bond acceptors (Lipinski definition) is 3. The second-order valence-electron chi connectivity index (χ2n) is 3.94. The summed E-state index contributed by atoms with van der Waals surface area (Å²) in [6.45, 7) is 4.17. The van der Waals surface area contributed by atoms with Crippen LogP contribution in [0.15, 0.2) is 28.8 Å². The minimum absolute atomic E-state index is 0.303. The van der Waals surface area contributed by atoms with E-state index in [1.807, 2.05) is 24.3 Å². The van der Waals surface area contributed by atoms with E-state index in [4.69, 9.17) is 10.3 Å². The molecule has 16 heavy (non-hydrogen) atoms. The van der Waals surface area contributed by atoms with Gasteiger partial charge >= 0.3 is 0 Å². The standard InChI is InChI=1S/C12H13IN2O/c1-7(2)10-11(15-16-12(10)14)8-5-3-4-6-9(8)13/h3-7H,14H2,1-2H3. The topological polar surface area (TPSA) is 52.0 Å². The first-order valence-electron chi connectivity index (χ1n) is 5.11. The smallest absolute Gasteiger partial charge is 0.226 e. The van der Waals surface area contributed by atoms with Crippen LogP contribution in [0.2, 0.25) is 0 Å². The van der Waals surface area contributed by atoms with E-state index in [0.717, 1.165) is 20.4 Å². The van der Waals surface area contributed by atoms with E-state index in [0.29, 0.717) is 11.8 Å². The monoisotopic (exact) mass is 328 g/mol. The van der Waals surface area contributed by atoms with E-state index < -0.39 is 0 Å². The zero-order chi connectivity index (χ0) is 11.7. The lowest BCUT2D eigenvalue weighted by atomic mass is 9.99. The predicted molar refractivity (Wildman–Crippen MR) is 73.2 cm³/mol. The Bertz CT molecular complexity index is 505. The van der Waals surface area contributed by atoms with Gasteiger partial charge in [-0.15, -0.1) is 0 Å². The van der Waals surface area contributed by atoms with Crippen molar-refractivity contribution in [3.63, 3.8) is 0 Å². The first-order chi connectivity index (χ1) is 7.61. The predicted octanol–water partition coefficient (Wildman–Crippen LogP) is 3.65. The van der Waals surface area contributed by atoms with Crippen LogP contribution in [0.5, 0.6) is 0 Å². The number of hydrogen-bond donors (Lipinski definition) is 1. The van der Waals surface area contributed by atoms with Gasteiger partial charge in [0, 0.05) is 14.7 Å². The van der Waals surface area contributed by atoms with Gasteiger partial charge in [-0.1, -0.05) is 37.2 Å². The summed E-state index contributed by atoms with van der Waals surface area (Å²) in [6.07, 6.45) is 0. The highest BCUT2D eigenvalue weighted by Crippen LogP contribution is 2.34. The van der Waals surface area contributed by atoms with Crippen molar-refractivity contribution in [2.45, 2.75) is 19.8 Å². The lowest BCUT2D eigenvalue weighted by Crippen LogP contribution is -1.95. The molecule has 2 rings (SSSR count). The van der Waals surface area contributed by atoms with Gasteiger partial charge in [-0.25, -0.2) is 0 Å². The maximum atomic E-state index is 5.80. The van der Waals surface area contributed by atoms with E-state index in [9.17, 15) is 0 Å². The van der Waals surface area contributed by atoms with Gasteiger partial charge in [-0.3, -0.25) is 0 Å². The average molecular weight is 328 g/mol. The summed E-state index contributed by atoms with van der Waals surface area (Å²) < 4.78 is 6.24. The Labute approximate surface area is 108 Å². The lowest BCUT2D eigenvalue weighted by Gasteiger charge is -2.06. The molecule has 2 N–H and O–H groups in total. The fourth-order valence-electron chi connectivity index (χ4n) is 1.72. The first-order valence-corrected chi connectivity index (χ1v) is 6.19. The molecule has 0 amide bonds. The van der Waals surface area contributed by atoms with Crippen LogP contribution >= 0.6 is 22.6 Å². The number of benzene rings is 1. The zero-order valence-electron chi connectivity index (χ0n) is 9.20. The number of halogens is 1. The summed E-state index contributed by atoms with van der Waals surface area (Å²) in [5, 5.41) is 4.06. The van der Waals surface area contributed by atoms with Crippen LogP contribution in [0.3, 0.4) is 0 Å². The Morgan fingerprint density at radius 3 is 2.62 bits per heavy atom. The van der Waals surface area contributed by atoms with Crippen molar-refractivity contribution < 1.29 is 4.52 Å². The van der Waals surface area contributed by atoms with Gasteiger partial charge in [0.25, 0.3) is 0 Å². The minimum Gasteiger partial charge on any atom is -0.367 e. The van der Waals surface area contributed by atoms with Gasteiger partial charge in [-0.2, -0.15) is 0 Å². The van der Waals surface area contributed by atoms with Crippen molar-refractivity contribution in [3.8, 4) is 11.3 Å². The normalized spacial score (nSPS) is 11.0. The highest BCUT2D eigenvalue weighted by atomic mass is 127. The Balaban J connectivity index is 2.61. The maximum Gasteiger partial charge on any atom is 0.226 e. The Hall–Kier alpha value is -1.04. The molecule has 4 heteroatoms. The van der Waals surface area contributed by atoms with Gasteiger partial charge < -0.3 is 10.3 Å². The van der Waals surface area contributed by atoms with Crippen LogP contribution in [0, 0.1) is 3.57 Å². The molecule has 0 bridgehead atoms. The molecule has 0 aliphatic carbocycles. The molecule has 0 radical (unpaired) electrons. The van der Waals surface area contributed by atoms with Gasteiger partial charge in [0.1, 0.15) is 5.69 Å². The fraction of sp³-hybridized carbons (Fsp3) is 0.250. The Kier molecular flexibility index (Phi) is 3.18. The molecule has 0 spiro atoms. The number of nitrogens with two attached hydrogens (primary N) is 1. The Morgan fingerprint density at radius 1 is 1.31 bits per heavy atom. The molecular weight excluding hydrogens is 315 g/mol. The highest BCUT2D eigenvalue weighted by Gasteiger charge is 2.19. The zero-order valence-corrected chi connectivity index (χ0v) is 11.4. The number of aromatic nitrogens is 1. The van der Waals surface area contributed by atoms with Crippen molar-refractivity contribution in [2.75, 3.05) is 5.73 Å². The minimum atomic E-state index is 0.303. The second kappa shape index (κ2) is 4.45. The van der Waals surface area contributed by atoms with Crippen LogP contribution < -0.4 is 5.73 Å². The number of anilines is 1. The third-order valence-electron chi connectivity index (χ3n) is 2.46. The van der Waals surface area contributed by atoms with E-state index in [2.05, 4.69) is 41.6 Å². The molecule has 1 aromatic heterocycles. The van der Waals surface area contributed by atoms with Crippen molar-refractivity contribution in [1.82, 2.24) is 5.16 Å². The van der Waals surface area contributed by atoms with Crippen molar-refractivity contribution in [1.29, 1.82) is 0 Å². The van der Waals surface area contributed by atoms with Gasteiger partial charge in [0.2, 0.25) is 5.88 Å². The van der Waals surface area contributed by atoms with Gasteiger partial charge in [0.15, 0.2) is 0 Å². The third kappa shape index (κ3) is 1.93. The molecule has 1 heterocycles. The molecule has 2 aromatic rings. The van der Waals surface area contributed by atoms with Crippen LogP contribution in [-0.4, -0.2) is 5.16 Å². The summed E-state index contributed by atoms with van der Waals surface area (Å²) >= 11 is 2.29. The molecule has 0 atom stereocenters. The van der Waals surface area contributed by atoms with Gasteiger partial charge in [-0.05, 0) is 34.6 Å². The van der Waals surface area contributed by atoms with Crippen molar-refractivity contribution >= 4 is 28.5 Å². The quantitative estimate of drug-likeness (QED) is 0.856. The molecule has 0 aliphatic heterocycles. The largest absolute Gasteiger partial charge is 0.367 e. The molecule has 84 valence electrons. The number of rotatable bonds is 2. The fourth-order valence-corrected chi connectivity index (χ4v) is 2.36. The van der Waals surface area contributed by atoms with E-state index >= 15 is 0 Å². The lowest BCUT2D eigenvalue weighted by molar-refractivity contribution is 0.438. The summed E-state index contributed by atoms with van der Waals surface area (Å²) in [5.41, 5.74) is 8.72. The molecule has 1 aromatic carbocycles. The van der Waals surface area contributed by atoms with Crippen LogP contribution in [-0.2, 0) is 0 Å². The van der Waals surface area contributed by atoms with E-state index in [-0.39, 0.29) is 0 Å². The molecule has 0 saturated heterocycles. The summed E-state index contributed by atoms with van der Waals surface area (Å²) in [4.78, 5) is 0. The average Bonchev–Trinajstić information content (AvgIpc) is 2.61. The number of nitrogen functional groups attached to an aromatic ring is 1. The molecule has 3 nitrogen and oxygen atoms in total. The van der Waals surface area contributed by atoms with Crippen LogP contribution in [0.4, 0.5) is 5.88 Å². The molecule has 0 fully saturated rings. The molecule has 0 unspecified atom stereocenters. The first kappa shape index (κ1) is 11.4. The van der Waals surface area contributed by atoms with E-state index in [1.165, 1.54) is 0 Å². The van der Waals surface area contributed by atoms with Gasteiger partial charge in [0.05, 0.1) is 0 Å².